The van der Waals surface area contributed by atoms with Crippen LogP contribution in [-0.4, -0.2) is 29.1 Å². The number of para-hydroxylation sites is 4. The summed E-state index contributed by atoms with van der Waals surface area (Å²) in [7, 11) is 0. The van der Waals surface area contributed by atoms with Crippen LogP contribution < -0.4 is 0 Å². The van der Waals surface area contributed by atoms with Crippen LogP contribution in [0.3, 0.4) is 0 Å². The maximum atomic E-state index is 5.35. The third-order valence-electron chi connectivity index (χ3n) is 12.5. The predicted molar refractivity (Wildman–Crippen MR) is 244 cm³/mol. The van der Waals surface area contributed by atoms with E-state index < -0.39 is 0 Å². The van der Waals surface area contributed by atoms with Gasteiger partial charge in [0.05, 0.1) is 33.3 Å². The monoisotopic (exact) mass is 770 g/mol. The van der Waals surface area contributed by atoms with Gasteiger partial charge in [-0.2, -0.15) is 9.97 Å². The Labute approximate surface area is 347 Å². The maximum Gasteiger partial charge on any atom is 0.238 e. The van der Waals surface area contributed by atoms with E-state index in [9.17, 15) is 0 Å². The number of benzene rings is 7. The van der Waals surface area contributed by atoms with Gasteiger partial charge in [-0.3, -0.25) is 9.55 Å². The molecule has 0 unspecified atom stereocenters. The molecule has 284 valence electrons. The molecule has 11 aromatic rings. The molecular formula is C54H38N6. The van der Waals surface area contributed by atoms with Gasteiger partial charge in [0.2, 0.25) is 5.95 Å². The Morgan fingerprint density at radius 1 is 0.467 bits per heavy atom. The Kier molecular flexibility index (Phi) is 7.54. The summed E-state index contributed by atoms with van der Waals surface area (Å²) in [6, 6.07) is 62.6. The number of hydrogen-bond acceptors (Lipinski definition) is 4. The number of pyridine rings is 1. The van der Waals surface area contributed by atoms with E-state index in [2.05, 4.69) is 175 Å². The molecule has 0 bridgehead atoms. The fourth-order valence-corrected chi connectivity index (χ4v) is 9.75. The second-order valence-electron chi connectivity index (χ2n) is 16.3. The molecule has 0 N–H and O–H groups in total. The van der Waals surface area contributed by atoms with Crippen LogP contribution >= 0.6 is 0 Å². The van der Waals surface area contributed by atoms with E-state index in [4.69, 9.17) is 19.9 Å². The Morgan fingerprint density at radius 3 is 1.88 bits per heavy atom. The molecule has 12 rings (SSSR count). The molecular weight excluding hydrogens is 733 g/mol. The van der Waals surface area contributed by atoms with Crippen LogP contribution in [0.4, 0.5) is 0 Å². The number of fused-ring (bicyclic) bond motifs is 9. The average molecular weight is 771 g/mol. The molecule has 6 nitrogen and oxygen atoms in total. The van der Waals surface area contributed by atoms with Crippen molar-refractivity contribution >= 4 is 43.7 Å². The van der Waals surface area contributed by atoms with Crippen LogP contribution in [0, 0.1) is 0 Å². The first-order valence-corrected chi connectivity index (χ1v) is 20.5. The molecule has 1 aliphatic carbocycles. The van der Waals surface area contributed by atoms with Crippen LogP contribution in [0.15, 0.2) is 182 Å². The zero-order valence-electron chi connectivity index (χ0n) is 33.2. The van der Waals surface area contributed by atoms with Crippen LogP contribution in [0.5, 0.6) is 0 Å². The van der Waals surface area contributed by atoms with Crippen LogP contribution in [0.2, 0.25) is 0 Å². The number of aromatic nitrogens is 6. The smallest absolute Gasteiger partial charge is 0.238 e. The van der Waals surface area contributed by atoms with Gasteiger partial charge in [0, 0.05) is 45.3 Å². The number of nitrogens with zero attached hydrogens (tertiary/aromatic N) is 6. The van der Waals surface area contributed by atoms with E-state index in [-0.39, 0.29) is 5.41 Å². The summed E-state index contributed by atoms with van der Waals surface area (Å²) in [5.74, 6) is 1.91. The molecule has 7 aromatic carbocycles. The molecule has 0 spiro atoms. The first-order chi connectivity index (χ1) is 29.5. The van der Waals surface area contributed by atoms with E-state index >= 15 is 0 Å². The predicted octanol–water partition coefficient (Wildman–Crippen LogP) is 12.7. The van der Waals surface area contributed by atoms with E-state index in [1.165, 1.54) is 22.3 Å². The van der Waals surface area contributed by atoms with Crippen molar-refractivity contribution in [3.8, 4) is 45.3 Å². The topological polar surface area (TPSA) is 61.4 Å². The third kappa shape index (κ3) is 5.13. The lowest BCUT2D eigenvalue weighted by Crippen LogP contribution is -2.14. The highest BCUT2D eigenvalue weighted by Crippen LogP contribution is 2.50. The normalized spacial score (nSPS) is 13.0. The molecule has 0 aliphatic heterocycles. The molecule has 1 aliphatic rings. The van der Waals surface area contributed by atoms with Crippen molar-refractivity contribution in [1.82, 2.24) is 29.1 Å². The summed E-state index contributed by atoms with van der Waals surface area (Å²) >= 11 is 0. The molecule has 6 heteroatoms. The first kappa shape index (κ1) is 34.4. The van der Waals surface area contributed by atoms with Crippen LogP contribution in [0.25, 0.3) is 89.0 Å². The Hall–Kier alpha value is -7.70. The molecule has 0 saturated heterocycles. The Morgan fingerprint density at radius 2 is 1.10 bits per heavy atom. The molecule has 0 saturated carbocycles. The number of hydrogen-bond donors (Lipinski definition) is 0. The van der Waals surface area contributed by atoms with Gasteiger partial charge in [0.15, 0.2) is 5.82 Å². The van der Waals surface area contributed by atoms with Gasteiger partial charge in [-0.15, -0.1) is 0 Å². The molecule has 4 heterocycles. The van der Waals surface area contributed by atoms with Crippen LogP contribution in [-0.2, 0) is 11.8 Å². The van der Waals surface area contributed by atoms with Crippen molar-refractivity contribution in [3.05, 3.63) is 205 Å². The minimum Gasteiger partial charge on any atom is -0.307 e. The summed E-state index contributed by atoms with van der Waals surface area (Å²) in [6.07, 6.45) is 2.35. The summed E-state index contributed by atoms with van der Waals surface area (Å²) in [6.45, 7) is 4.67. The summed E-state index contributed by atoms with van der Waals surface area (Å²) in [5.41, 5.74) is 15.8. The van der Waals surface area contributed by atoms with Gasteiger partial charge in [-0.1, -0.05) is 153 Å². The molecule has 0 radical (unpaired) electrons. The second-order valence-corrected chi connectivity index (χ2v) is 16.3. The van der Waals surface area contributed by atoms with Gasteiger partial charge < -0.3 is 4.57 Å². The highest BCUT2D eigenvalue weighted by molar-refractivity contribution is 6.09. The zero-order valence-corrected chi connectivity index (χ0v) is 33.2. The Bertz CT molecular complexity index is 3400. The summed E-state index contributed by atoms with van der Waals surface area (Å²) < 4.78 is 4.59. The van der Waals surface area contributed by atoms with E-state index in [1.807, 2.05) is 30.5 Å². The Balaban J connectivity index is 1.12. The lowest BCUT2D eigenvalue weighted by Gasteiger charge is -2.22. The molecule has 4 aromatic heterocycles. The van der Waals surface area contributed by atoms with E-state index in [1.54, 1.807) is 0 Å². The van der Waals surface area contributed by atoms with Gasteiger partial charge >= 0.3 is 0 Å². The van der Waals surface area contributed by atoms with Crippen molar-refractivity contribution < 1.29 is 0 Å². The van der Waals surface area contributed by atoms with Crippen molar-refractivity contribution in [1.29, 1.82) is 0 Å². The van der Waals surface area contributed by atoms with E-state index in [0.29, 0.717) is 24.0 Å². The van der Waals surface area contributed by atoms with Crippen molar-refractivity contribution in [2.24, 2.45) is 0 Å². The summed E-state index contributed by atoms with van der Waals surface area (Å²) in [4.78, 5) is 20.7. The van der Waals surface area contributed by atoms with Gasteiger partial charge in [-0.25, -0.2) is 4.98 Å². The van der Waals surface area contributed by atoms with E-state index in [0.717, 1.165) is 71.7 Å². The lowest BCUT2D eigenvalue weighted by atomic mass is 9.82. The fourth-order valence-electron chi connectivity index (χ4n) is 9.75. The molecule has 0 fully saturated rings. The average Bonchev–Trinajstić information content (AvgIpc) is 3.89. The quantitative estimate of drug-likeness (QED) is 0.169. The van der Waals surface area contributed by atoms with Crippen molar-refractivity contribution in [2.45, 2.75) is 25.7 Å². The third-order valence-corrected chi connectivity index (χ3v) is 12.5. The zero-order chi connectivity index (χ0) is 40.0. The minimum absolute atomic E-state index is 0.0865. The van der Waals surface area contributed by atoms with Crippen molar-refractivity contribution in [2.75, 3.05) is 0 Å². The highest BCUT2D eigenvalue weighted by atomic mass is 15.2. The molecule has 0 amide bonds. The summed E-state index contributed by atoms with van der Waals surface area (Å²) in [5, 5.41) is 3.43. The van der Waals surface area contributed by atoms with Gasteiger partial charge in [-0.05, 0) is 69.8 Å². The lowest BCUT2D eigenvalue weighted by molar-refractivity contribution is 0.660. The highest BCUT2D eigenvalue weighted by Gasteiger charge is 2.35. The fraction of sp³-hybridized carbons (Fsp3) is 0.0741. The minimum atomic E-state index is -0.0865. The SMILES string of the molecule is CC1(C)c2ccccc2-c2cc(-c3cccc(Cc4nc(-c5ccccc5)nc(-n5c6ccccc6c6ccccc65)n4)c3-n3c4ccccc4c4ncccc43)ccc21. The largest absolute Gasteiger partial charge is 0.307 e. The maximum absolute atomic E-state index is 5.35. The standard InChI is InChI=1S/C54H38N6/c1-54(2)43-24-10-6-19-38(43)42-32-35(29-30-44(42)54)37-23-14-18-36(51(37)59-47-27-13-9-22-41(47)50-48(59)28-15-31-55-50)33-49-56-52(34-16-4-3-5-17-34)58-53(57-49)60-45-25-11-7-20-39(45)40-21-8-12-26-46(40)60/h3-32H,33H2,1-2H3. The molecule has 0 atom stereocenters. The second kappa shape index (κ2) is 13.2. The number of rotatable bonds is 6. The van der Waals surface area contributed by atoms with Crippen LogP contribution in [0.1, 0.15) is 36.4 Å². The van der Waals surface area contributed by atoms with Gasteiger partial charge in [0.25, 0.3) is 0 Å². The first-order valence-electron chi connectivity index (χ1n) is 20.5. The molecule has 60 heavy (non-hydrogen) atoms. The van der Waals surface area contributed by atoms with Crippen molar-refractivity contribution in [3.63, 3.8) is 0 Å². The van der Waals surface area contributed by atoms with Gasteiger partial charge in [0.1, 0.15) is 5.82 Å².